The van der Waals surface area contributed by atoms with E-state index in [-0.39, 0.29) is 5.76 Å². The predicted molar refractivity (Wildman–Crippen MR) is 67.4 cm³/mol. The van der Waals surface area contributed by atoms with E-state index < -0.39 is 5.97 Å². The minimum atomic E-state index is -0.435. The molecule has 1 fully saturated rings. The molecule has 0 bridgehead atoms. The fraction of sp³-hybridized carbons (Fsp3) is 0.615. The Bertz CT molecular complexity index is 399. The molecule has 2 rings (SSSR count). The Labute approximate surface area is 107 Å². The van der Waals surface area contributed by atoms with Crippen LogP contribution in [0.3, 0.4) is 0 Å². The number of rotatable bonds is 7. The summed E-state index contributed by atoms with van der Waals surface area (Å²) in [4.78, 5) is 13.6. The van der Waals surface area contributed by atoms with E-state index in [2.05, 4.69) is 22.0 Å². The quantitative estimate of drug-likeness (QED) is 0.584. The third kappa shape index (κ3) is 3.58. The number of hydrogen-bond acceptors (Lipinski definition) is 5. The molecule has 1 aromatic rings. The number of ether oxygens (including phenoxy) is 1. The van der Waals surface area contributed by atoms with Gasteiger partial charge in [-0.3, -0.25) is 0 Å². The zero-order valence-electron chi connectivity index (χ0n) is 10.9. The minimum Gasteiger partial charge on any atom is -0.463 e. The van der Waals surface area contributed by atoms with Crippen molar-refractivity contribution in [2.45, 2.75) is 25.4 Å². The number of likely N-dealkylation sites (N-methyl/N-ethyl adjacent to an activating group) is 1. The number of hydrogen-bond donors (Lipinski definition) is 1. The van der Waals surface area contributed by atoms with Crippen LogP contribution in [0.1, 0.15) is 29.2 Å². The van der Waals surface area contributed by atoms with Gasteiger partial charge in [0.2, 0.25) is 5.76 Å². The first-order chi connectivity index (χ1) is 8.70. The van der Waals surface area contributed by atoms with Gasteiger partial charge < -0.3 is 19.4 Å². The summed E-state index contributed by atoms with van der Waals surface area (Å²) in [6.07, 6.45) is 2.66. The Morgan fingerprint density at radius 2 is 2.33 bits per heavy atom. The molecule has 1 saturated carbocycles. The minimum absolute atomic E-state index is 0.254. The maximum absolute atomic E-state index is 11.2. The number of carbonyl (C=O) groups is 1. The summed E-state index contributed by atoms with van der Waals surface area (Å²) >= 11 is 0. The highest BCUT2D eigenvalue weighted by molar-refractivity contribution is 5.86. The maximum atomic E-state index is 11.2. The molecule has 0 aliphatic heterocycles. The number of nitrogens with zero attached hydrogens (tertiary/aromatic N) is 1. The van der Waals surface area contributed by atoms with Crippen LogP contribution in [0, 0.1) is 0 Å². The lowest BCUT2D eigenvalue weighted by Crippen LogP contribution is -2.30. The van der Waals surface area contributed by atoms with Crippen LogP contribution >= 0.6 is 0 Å². The average Bonchev–Trinajstić information content (AvgIpc) is 3.13. The molecule has 0 radical (unpaired) electrons. The van der Waals surface area contributed by atoms with Crippen LogP contribution in [0.2, 0.25) is 0 Å². The van der Waals surface area contributed by atoms with Gasteiger partial charge in [0.1, 0.15) is 5.76 Å². The van der Waals surface area contributed by atoms with Gasteiger partial charge in [0.05, 0.1) is 13.7 Å². The molecule has 5 heteroatoms. The maximum Gasteiger partial charge on any atom is 0.373 e. The van der Waals surface area contributed by atoms with E-state index >= 15 is 0 Å². The van der Waals surface area contributed by atoms with E-state index in [0.717, 1.165) is 24.9 Å². The third-order valence-corrected chi connectivity index (χ3v) is 3.16. The zero-order chi connectivity index (χ0) is 13.0. The second kappa shape index (κ2) is 6.02. The molecule has 0 amide bonds. The molecule has 100 valence electrons. The van der Waals surface area contributed by atoms with Crippen molar-refractivity contribution in [2.24, 2.45) is 0 Å². The summed E-state index contributed by atoms with van der Waals surface area (Å²) in [7, 11) is 3.50. The van der Waals surface area contributed by atoms with Gasteiger partial charge in [-0.05, 0) is 32.0 Å². The number of nitrogens with one attached hydrogen (secondary N) is 1. The van der Waals surface area contributed by atoms with Gasteiger partial charge in [0.25, 0.3) is 0 Å². The Balaban J connectivity index is 1.66. The lowest BCUT2D eigenvalue weighted by molar-refractivity contribution is 0.0563. The van der Waals surface area contributed by atoms with Gasteiger partial charge in [-0.15, -0.1) is 0 Å². The third-order valence-electron chi connectivity index (χ3n) is 3.16. The normalized spacial score (nSPS) is 15.1. The lowest BCUT2D eigenvalue weighted by atomic mass is 10.4. The number of carbonyl (C=O) groups excluding carboxylic acids is 1. The van der Waals surface area contributed by atoms with Crippen molar-refractivity contribution < 1.29 is 13.9 Å². The van der Waals surface area contributed by atoms with E-state index in [9.17, 15) is 4.79 Å². The van der Waals surface area contributed by atoms with Gasteiger partial charge in [0, 0.05) is 19.1 Å². The summed E-state index contributed by atoms with van der Waals surface area (Å²) < 4.78 is 9.93. The van der Waals surface area contributed by atoms with Gasteiger partial charge in [-0.25, -0.2) is 4.79 Å². The SMILES string of the molecule is COC(=O)c1ccc(CNCCN(C)C2CC2)o1. The first kappa shape index (κ1) is 13.1. The number of methoxy groups -OCH3 is 1. The van der Waals surface area contributed by atoms with Crippen molar-refractivity contribution in [2.75, 3.05) is 27.2 Å². The first-order valence-corrected chi connectivity index (χ1v) is 6.28. The molecule has 0 saturated heterocycles. The van der Waals surface area contributed by atoms with E-state index in [0.29, 0.717) is 6.54 Å². The second-order valence-electron chi connectivity index (χ2n) is 4.65. The predicted octanol–water partition coefficient (Wildman–Crippen LogP) is 1.25. The van der Waals surface area contributed by atoms with E-state index in [4.69, 9.17) is 4.42 Å². The van der Waals surface area contributed by atoms with Crippen LogP contribution in [-0.2, 0) is 11.3 Å². The Hall–Kier alpha value is -1.33. The molecule has 0 unspecified atom stereocenters. The molecule has 1 N–H and O–H groups in total. The molecule has 0 spiro atoms. The molecular weight excluding hydrogens is 232 g/mol. The number of furan rings is 1. The molecule has 18 heavy (non-hydrogen) atoms. The molecule has 1 aliphatic carbocycles. The van der Waals surface area contributed by atoms with Crippen molar-refractivity contribution in [3.05, 3.63) is 23.7 Å². The fourth-order valence-corrected chi connectivity index (χ4v) is 1.85. The monoisotopic (exact) mass is 252 g/mol. The second-order valence-corrected chi connectivity index (χ2v) is 4.65. The molecule has 5 nitrogen and oxygen atoms in total. The van der Waals surface area contributed by atoms with E-state index in [1.54, 1.807) is 12.1 Å². The van der Waals surface area contributed by atoms with Gasteiger partial charge in [-0.2, -0.15) is 0 Å². The Morgan fingerprint density at radius 1 is 1.56 bits per heavy atom. The largest absolute Gasteiger partial charge is 0.463 e. The van der Waals surface area contributed by atoms with Gasteiger partial charge in [-0.1, -0.05) is 0 Å². The van der Waals surface area contributed by atoms with Crippen molar-refractivity contribution >= 4 is 5.97 Å². The van der Waals surface area contributed by atoms with Crippen molar-refractivity contribution in [3.8, 4) is 0 Å². The highest BCUT2D eigenvalue weighted by Crippen LogP contribution is 2.24. The molecule has 0 atom stereocenters. The van der Waals surface area contributed by atoms with Crippen LogP contribution < -0.4 is 5.32 Å². The fourth-order valence-electron chi connectivity index (χ4n) is 1.85. The summed E-state index contributed by atoms with van der Waals surface area (Å²) in [6, 6.07) is 4.23. The summed E-state index contributed by atoms with van der Waals surface area (Å²) in [6.45, 7) is 2.59. The standard InChI is InChI=1S/C13H20N2O3/c1-15(10-3-4-10)8-7-14-9-11-5-6-12(18-11)13(16)17-2/h5-6,10,14H,3-4,7-9H2,1-2H3. The molecular formula is C13H20N2O3. The first-order valence-electron chi connectivity index (χ1n) is 6.28. The lowest BCUT2D eigenvalue weighted by Gasteiger charge is -2.15. The smallest absolute Gasteiger partial charge is 0.373 e. The molecule has 1 aliphatic rings. The highest BCUT2D eigenvalue weighted by Gasteiger charge is 2.25. The summed E-state index contributed by atoms with van der Waals surface area (Å²) in [5.74, 6) is 0.573. The summed E-state index contributed by atoms with van der Waals surface area (Å²) in [5, 5.41) is 3.30. The Morgan fingerprint density at radius 3 is 3.00 bits per heavy atom. The molecule has 0 aromatic carbocycles. The van der Waals surface area contributed by atoms with Crippen LogP contribution in [0.15, 0.2) is 16.5 Å². The van der Waals surface area contributed by atoms with Crippen molar-refractivity contribution in [3.63, 3.8) is 0 Å². The molecule has 1 aromatic heterocycles. The van der Waals surface area contributed by atoms with Crippen molar-refractivity contribution in [1.82, 2.24) is 10.2 Å². The van der Waals surface area contributed by atoms with Gasteiger partial charge in [0.15, 0.2) is 0 Å². The van der Waals surface area contributed by atoms with E-state index in [1.807, 2.05) is 0 Å². The van der Waals surface area contributed by atoms with Crippen LogP contribution in [0.5, 0.6) is 0 Å². The van der Waals surface area contributed by atoms with Crippen LogP contribution in [-0.4, -0.2) is 44.2 Å². The number of esters is 1. The van der Waals surface area contributed by atoms with Crippen LogP contribution in [0.25, 0.3) is 0 Å². The highest BCUT2D eigenvalue weighted by atomic mass is 16.5. The Kier molecular flexibility index (Phi) is 4.38. The zero-order valence-corrected chi connectivity index (χ0v) is 10.9. The average molecular weight is 252 g/mol. The van der Waals surface area contributed by atoms with Crippen molar-refractivity contribution in [1.29, 1.82) is 0 Å². The topological polar surface area (TPSA) is 54.7 Å². The van der Waals surface area contributed by atoms with E-state index in [1.165, 1.54) is 20.0 Å². The van der Waals surface area contributed by atoms with Gasteiger partial charge >= 0.3 is 5.97 Å². The molecule has 1 heterocycles. The summed E-state index contributed by atoms with van der Waals surface area (Å²) in [5.41, 5.74) is 0. The van der Waals surface area contributed by atoms with Crippen LogP contribution in [0.4, 0.5) is 0 Å².